The third kappa shape index (κ3) is 6.54. The van der Waals surface area contributed by atoms with Crippen LogP contribution in [-0.2, 0) is 9.53 Å². The lowest BCUT2D eigenvalue weighted by atomic mass is 9.97. The Bertz CT molecular complexity index is 1680. The number of amides is 3. The lowest BCUT2D eigenvalue weighted by Gasteiger charge is -2.18. The molecule has 0 fully saturated rings. The molecular formula is C30H31ClFN7O4. The largest absolute Gasteiger partial charge is 0.453 e. The number of hydrogen-bond acceptors (Lipinski definition) is 6. The van der Waals surface area contributed by atoms with E-state index in [0.29, 0.717) is 47.0 Å². The summed E-state index contributed by atoms with van der Waals surface area (Å²) in [7, 11) is 1.27. The van der Waals surface area contributed by atoms with Crippen LogP contribution < -0.4 is 16.0 Å². The average molecular weight is 608 g/mol. The standard InChI is InChI=1S/C30H31ClFN7O4/c1-16-6-4-8-22(38-29(41)20-14-34-39(17(20)2)25-9-5-7-21(31)27(25)32)28-33-15-24(37-28)19-11-10-18(35-30(42)43-3)13-23(19)36-26(40)12-16/h5,7,9-11,13-16,22H,4,6,8,12H2,1-3H3,(H,33,37)(H,35,42)(H,36,40)(H,38,41)/t16-,22-/m0/s1. The molecule has 13 heteroatoms. The highest BCUT2D eigenvalue weighted by Crippen LogP contribution is 2.33. The van der Waals surface area contributed by atoms with Crippen molar-refractivity contribution in [3.8, 4) is 16.9 Å². The molecule has 0 radical (unpaired) electrons. The third-order valence-corrected chi connectivity index (χ3v) is 7.66. The summed E-state index contributed by atoms with van der Waals surface area (Å²) in [6.45, 7) is 3.68. The maximum absolute atomic E-state index is 14.7. The van der Waals surface area contributed by atoms with E-state index in [1.807, 2.05) is 6.92 Å². The molecule has 2 aromatic heterocycles. The number of aromatic amines is 1. The molecule has 0 saturated heterocycles. The van der Waals surface area contributed by atoms with Crippen molar-refractivity contribution < 1.29 is 23.5 Å². The minimum absolute atomic E-state index is 0.0419. The Kier molecular flexibility index (Phi) is 8.76. The van der Waals surface area contributed by atoms with Crippen molar-refractivity contribution in [2.45, 2.75) is 45.6 Å². The Morgan fingerprint density at radius 1 is 1.21 bits per heavy atom. The Hall–Kier alpha value is -4.71. The predicted octanol–water partition coefficient (Wildman–Crippen LogP) is 6.16. The number of rotatable bonds is 4. The molecule has 0 unspecified atom stereocenters. The fraction of sp³-hybridized carbons (Fsp3) is 0.300. The van der Waals surface area contributed by atoms with Crippen molar-refractivity contribution in [2.75, 3.05) is 17.7 Å². The molecule has 5 rings (SSSR count). The summed E-state index contributed by atoms with van der Waals surface area (Å²) in [5.74, 6) is -0.558. The van der Waals surface area contributed by atoms with E-state index < -0.39 is 18.0 Å². The summed E-state index contributed by atoms with van der Waals surface area (Å²) >= 11 is 5.95. The normalized spacial score (nSPS) is 17.0. The lowest BCUT2D eigenvalue weighted by Crippen LogP contribution is -2.30. The predicted molar refractivity (Wildman–Crippen MR) is 160 cm³/mol. The molecule has 4 aromatic rings. The summed E-state index contributed by atoms with van der Waals surface area (Å²) in [4.78, 5) is 46.1. The van der Waals surface area contributed by atoms with Gasteiger partial charge in [-0.3, -0.25) is 14.9 Å². The first-order chi connectivity index (χ1) is 20.6. The fourth-order valence-electron chi connectivity index (χ4n) is 5.11. The summed E-state index contributed by atoms with van der Waals surface area (Å²) in [5.41, 5.74) is 2.96. The van der Waals surface area contributed by atoms with E-state index in [9.17, 15) is 18.8 Å². The van der Waals surface area contributed by atoms with Gasteiger partial charge in [0.1, 0.15) is 11.5 Å². The third-order valence-electron chi connectivity index (χ3n) is 7.37. The smallest absolute Gasteiger partial charge is 0.411 e. The minimum atomic E-state index is -0.635. The van der Waals surface area contributed by atoms with E-state index in [2.05, 4.69) is 30.8 Å². The zero-order chi connectivity index (χ0) is 30.7. The fourth-order valence-corrected chi connectivity index (χ4v) is 5.28. The van der Waals surface area contributed by atoms with Crippen LogP contribution in [-0.4, -0.2) is 44.8 Å². The average Bonchev–Trinajstić information content (AvgIpc) is 3.61. The Morgan fingerprint density at radius 3 is 2.81 bits per heavy atom. The molecule has 0 aliphatic carbocycles. The van der Waals surface area contributed by atoms with Crippen molar-refractivity contribution in [3.05, 3.63) is 76.7 Å². The van der Waals surface area contributed by atoms with Gasteiger partial charge in [0.15, 0.2) is 5.82 Å². The number of anilines is 2. The molecule has 2 atom stereocenters. The van der Waals surface area contributed by atoms with Crippen molar-refractivity contribution in [1.82, 2.24) is 25.1 Å². The second-order valence-electron chi connectivity index (χ2n) is 10.5. The van der Waals surface area contributed by atoms with E-state index >= 15 is 0 Å². The molecule has 3 heterocycles. The number of carbonyl (C=O) groups excluding carboxylic acids is 3. The molecule has 1 aliphatic heterocycles. The topological polar surface area (TPSA) is 143 Å². The zero-order valence-electron chi connectivity index (χ0n) is 23.8. The number of nitrogens with zero attached hydrogens (tertiary/aromatic N) is 3. The number of nitrogens with one attached hydrogen (secondary N) is 4. The lowest BCUT2D eigenvalue weighted by molar-refractivity contribution is -0.117. The number of halogens is 2. The summed E-state index contributed by atoms with van der Waals surface area (Å²) < 4.78 is 20.7. The van der Waals surface area contributed by atoms with Gasteiger partial charge >= 0.3 is 6.09 Å². The van der Waals surface area contributed by atoms with Gasteiger partial charge in [-0.25, -0.2) is 18.9 Å². The molecule has 0 spiro atoms. The van der Waals surface area contributed by atoms with Crippen LogP contribution in [0.4, 0.5) is 20.6 Å². The number of imidazole rings is 1. The number of H-pyrrole nitrogens is 1. The van der Waals surface area contributed by atoms with Crippen LogP contribution in [0.3, 0.4) is 0 Å². The first-order valence-corrected chi connectivity index (χ1v) is 14.2. The number of aromatic nitrogens is 4. The molecule has 224 valence electrons. The monoisotopic (exact) mass is 607 g/mol. The van der Waals surface area contributed by atoms with E-state index in [1.165, 1.54) is 30.1 Å². The van der Waals surface area contributed by atoms with Crippen molar-refractivity contribution in [2.24, 2.45) is 5.92 Å². The van der Waals surface area contributed by atoms with Gasteiger partial charge in [0.25, 0.3) is 5.91 Å². The second-order valence-corrected chi connectivity index (χ2v) is 10.9. The van der Waals surface area contributed by atoms with E-state index in [4.69, 9.17) is 16.6 Å². The molecule has 4 N–H and O–H groups in total. The summed E-state index contributed by atoms with van der Waals surface area (Å²) in [5, 5.41) is 12.8. The Balaban J connectivity index is 1.45. The van der Waals surface area contributed by atoms with E-state index in [-0.39, 0.29) is 34.0 Å². The SMILES string of the molecule is COC(=O)Nc1ccc2c(c1)NC(=O)C[C@@H](C)CCC[C@H](NC(=O)c1cnn(-c3cccc(Cl)c3F)c1C)c1nc-2c[nH]1. The first-order valence-electron chi connectivity index (χ1n) is 13.8. The van der Waals surface area contributed by atoms with Gasteiger partial charge in [0.2, 0.25) is 5.91 Å². The second kappa shape index (κ2) is 12.7. The van der Waals surface area contributed by atoms with Gasteiger partial charge in [-0.2, -0.15) is 5.10 Å². The number of ether oxygens (including phenoxy) is 1. The highest BCUT2D eigenvalue weighted by molar-refractivity contribution is 6.30. The van der Waals surface area contributed by atoms with Crippen LogP contribution in [0, 0.1) is 18.7 Å². The van der Waals surface area contributed by atoms with Crippen molar-refractivity contribution >= 4 is 40.9 Å². The number of methoxy groups -OCH3 is 1. The van der Waals surface area contributed by atoms with E-state index in [1.54, 1.807) is 37.4 Å². The molecule has 2 bridgehead atoms. The highest BCUT2D eigenvalue weighted by Gasteiger charge is 2.25. The van der Waals surface area contributed by atoms with Crippen LogP contribution in [0.2, 0.25) is 5.02 Å². The summed E-state index contributed by atoms with van der Waals surface area (Å²) in [6.07, 6.45) is 4.80. The zero-order valence-corrected chi connectivity index (χ0v) is 24.6. The van der Waals surface area contributed by atoms with Gasteiger partial charge in [-0.05, 0) is 49.6 Å². The molecule has 1 aliphatic rings. The molecule has 2 aromatic carbocycles. The molecule has 11 nitrogen and oxygen atoms in total. The maximum atomic E-state index is 14.7. The molecular weight excluding hydrogens is 577 g/mol. The number of fused-ring (bicyclic) bond motifs is 4. The Morgan fingerprint density at radius 2 is 2.02 bits per heavy atom. The van der Waals surface area contributed by atoms with Crippen LogP contribution in [0.25, 0.3) is 16.9 Å². The van der Waals surface area contributed by atoms with Gasteiger partial charge in [0, 0.05) is 23.9 Å². The van der Waals surface area contributed by atoms with Crippen molar-refractivity contribution in [1.29, 1.82) is 0 Å². The number of benzene rings is 2. The van der Waals surface area contributed by atoms with Crippen LogP contribution in [0.15, 0.2) is 48.8 Å². The minimum Gasteiger partial charge on any atom is -0.453 e. The van der Waals surface area contributed by atoms with Crippen LogP contribution >= 0.6 is 11.6 Å². The number of carbonyl (C=O) groups is 3. The first kappa shape index (κ1) is 29.8. The molecule has 43 heavy (non-hydrogen) atoms. The number of hydrogen-bond donors (Lipinski definition) is 4. The van der Waals surface area contributed by atoms with Crippen molar-refractivity contribution in [3.63, 3.8) is 0 Å². The van der Waals surface area contributed by atoms with Gasteiger partial charge in [0.05, 0.1) is 47.0 Å². The maximum Gasteiger partial charge on any atom is 0.411 e. The van der Waals surface area contributed by atoms with Crippen LogP contribution in [0.1, 0.15) is 60.5 Å². The molecule has 0 saturated carbocycles. The van der Waals surface area contributed by atoms with E-state index in [0.717, 1.165) is 12.8 Å². The van der Waals surface area contributed by atoms with Gasteiger partial charge < -0.3 is 20.4 Å². The van der Waals surface area contributed by atoms with Gasteiger partial charge in [-0.15, -0.1) is 0 Å². The Labute approximate surface area is 252 Å². The quantitative estimate of drug-likeness (QED) is 0.219. The highest BCUT2D eigenvalue weighted by atomic mass is 35.5. The molecule has 3 amide bonds. The van der Waals surface area contributed by atoms with Crippen LogP contribution in [0.5, 0.6) is 0 Å². The van der Waals surface area contributed by atoms with Gasteiger partial charge in [-0.1, -0.05) is 37.4 Å². The summed E-state index contributed by atoms with van der Waals surface area (Å²) in [6, 6.07) is 9.18.